The largest absolute Gasteiger partial charge is 0.469 e. The number of hydrogen-bond donors (Lipinski definition) is 0. The van der Waals surface area contributed by atoms with E-state index < -0.39 is 15.3 Å². The Morgan fingerprint density at radius 1 is 1.07 bits per heavy atom. The van der Waals surface area contributed by atoms with Crippen LogP contribution in [0.5, 0.6) is 0 Å². The minimum absolute atomic E-state index is 0.0747. The van der Waals surface area contributed by atoms with Gasteiger partial charge in [-0.3, -0.25) is 14.6 Å². The van der Waals surface area contributed by atoms with Crippen LogP contribution in [-0.2, 0) is 24.3 Å². The highest BCUT2D eigenvalue weighted by molar-refractivity contribution is 7.89. The van der Waals surface area contributed by atoms with Crippen LogP contribution in [0, 0.1) is 5.92 Å². The number of rotatable bonds is 9. The van der Waals surface area contributed by atoms with Crippen molar-refractivity contribution in [2.45, 2.75) is 30.6 Å². The summed E-state index contributed by atoms with van der Waals surface area (Å²) in [5, 5.41) is 1.35. The number of methoxy groups -OCH3 is 1. The Labute approximate surface area is 251 Å². The summed E-state index contributed by atoms with van der Waals surface area (Å²) in [5.41, 5.74) is 1.66. The van der Waals surface area contributed by atoms with Crippen LogP contribution in [0.2, 0.25) is 5.02 Å². The molecule has 1 amide bonds. The fraction of sp³-hybridized carbons (Fsp3) is 0.387. The maximum atomic E-state index is 13.8. The number of fused-ring (bicyclic) bond motifs is 1. The number of pyridine rings is 1. The number of carbonyl (C=O) groups excluding carboxylic acids is 2. The van der Waals surface area contributed by atoms with Crippen molar-refractivity contribution in [1.82, 2.24) is 14.2 Å². The summed E-state index contributed by atoms with van der Waals surface area (Å²) < 4.78 is 33.8. The molecule has 2 saturated heterocycles. The molecule has 2 atom stereocenters. The van der Waals surface area contributed by atoms with Crippen LogP contribution in [0.4, 0.5) is 5.69 Å². The van der Waals surface area contributed by atoms with Crippen LogP contribution in [0.3, 0.4) is 0 Å². The Kier molecular flexibility index (Phi) is 9.15. The van der Waals surface area contributed by atoms with Gasteiger partial charge in [-0.2, -0.15) is 4.31 Å². The topological polar surface area (TPSA) is 100 Å². The van der Waals surface area contributed by atoms with Gasteiger partial charge < -0.3 is 14.5 Å². The van der Waals surface area contributed by atoms with Crippen molar-refractivity contribution in [3.8, 4) is 0 Å². The van der Waals surface area contributed by atoms with Gasteiger partial charge in [-0.05, 0) is 65.4 Å². The summed E-state index contributed by atoms with van der Waals surface area (Å²) in [6.45, 7) is 5.42. The molecule has 3 aromatic rings. The molecule has 11 heteroatoms. The Morgan fingerprint density at radius 2 is 1.76 bits per heavy atom. The number of anilines is 1. The molecular formula is C31H35ClN4O5S. The van der Waals surface area contributed by atoms with Crippen LogP contribution in [0.15, 0.2) is 73.6 Å². The second-order valence-corrected chi connectivity index (χ2v) is 13.2. The van der Waals surface area contributed by atoms with Crippen LogP contribution >= 0.6 is 11.6 Å². The molecule has 2 unspecified atom stereocenters. The van der Waals surface area contributed by atoms with E-state index in [4.69, 9.17) is 16.3 Å². The van der Waals surface area contributed by atoms with Gasteiger partial charge in [0, 0.05) is 55.3 Å². The zero-order valence-electron chi connectivity index (χ0n) is 23.6. The third-order valence-corrected chi connectivity index (χ3v) is 10.8. The zero-order valence-corrected chi connectivity index (χ0v) is 25.1. The Hall–Kier alpha value is -3.47. The summed E-state index contributed by atoms with van der Waals surface area (Å²) in [7, 11) is -2.60. The lowest BCUT2D eigenvalue weighted by Crippen LogP contribution is -2.58. The average Bonchev–Trinajstić information content (AvgIpc) is 3.00. The molecule has 0 aliphatic carbocycles. The fourth-order valence-electron chi connectivity index (χ4n) is 6.12. The van der Waals surface area contributed by atoms with Gasteiger partial charge in [0.15, 0.2) is 0 Å². The van der Waals surface area contributed by atoms with E-state index in [9.17, 15) is 18.0 Å². The fourth-order valence-corrected chi connectivity index (χ4v) is 7.98. The van der Waals surface area contributed by atoms with Gasteiger partial charge >= 0.3 is 5.97 Å². The van der Waals surface area contributed by atoms with Gasteiger partial charge in [0.1, 0.15) is 5.25 Å². The molecule has 5 rings (SSSR count). The van der Waals surface area contributed by atoms with E-state index in [1.54, 1.807) is 29.4 Å². The number of esters is 1. The molecule has 2 aliphatic rings. The first-order valence-corrected chi connectivity index (χ1v) is 15.9. The number of piperidine rings is 1. The van der Waals surface area contributed by atoms with E-state index >= 15 is 0 Å². The summed E-state index contributed by atoms with van der Waals surface area (Å²) in [6.07, 6.45) is 6.59. The van der Waals surface area contributed by atoms with Crippen molar-refractivity contribution in [1.29, 1.82) is 0 Å². The van der Waals surface area contributed by atoms with Crippen molar-refractivity contribution < 1.29 is 22.7 Å². The normalized spacial score (nSPS) is 18.6. The van der Waals surface area contributed by atoms with Gasteiger partial charge in [0.2, 0.25) is 15.9 Å². The number of sulfonamides is 1. The molecule has 0 N–H and O–H groups in total. The second-order valence-electron chi connectivity index (χ2n) is 10.8. The summed E-state index contributed by atoms with van der Waals surface area (Å²) in [5.74, 6) is -0.615. The molecular weight excluding hydrogens is 576 g/mol. The number of hydrogen-bond acceptors (Lipinski definition) is 7. The lowest BCUT2D eigenvalue weighted by molar-refractivity contribution is -0.146. The number of halogens is 1. The van der Waals surface area contributed by atoms with Crippen LogP contribution in [-0.4, -0.2) is 80.4 Å². The predicted molar refractivity (Wildman–Crippen MR) is 164 cm³/mol. The SMILES string of the molecule is C=CC(c1ccc2cc(Cl)ccc2c1)S(=O)(=O)N1CCN(C(CC(=O)OC)C2CCN(c3ccncc3)CC2)C(=O)C1. The molecule has 222 valence electrons. The highest BCUT2D eigenvalue weighted by Crippen LogP contribution is 2.33. The molecule has 2 fully saturated rings. The number of nitrogens with zero attached hydrogens (tertiary/aromatic N) is 4. The molecule has 42 heavy (non-hydrogen) atoms. The average molecular weight is 611 g/mol. The van der Waals surface area contributed by atoms with Crippen molar-refractivity contribution in [3.05, 3.63) is 84.2 Å². The number of piperazine rings is 1. The summed E-state index contributed by atoms with van der Waals surface area (Å²) in [4.78, 5) is 34.0. The number of benzene rings is 2. The Balaban J connectivity index is 1.30. The van der Waals surface area contributed by atoms with Crippen LogP contribution < -0.4 is 4.90 Å². The summed E-state index contributed by atoms with van der Waals surface area (Å²) in [6, 6.07) is 14.4. The first-order chi connectivity index (χ1) is 20.2. The third kappa shape index (κ3) is 6.30. The molecule has 9 nitrogen and oxygen atoms in total. The van der Waals surface area contributed by atoms with Gasteiger partial charge in [0.25, 0.3) is 0 Å². The first kappa shape index (κ1) is 30.0. The minimum atomic E-state index is -3.94. The summed E-state index contributed by atoms with van der Waals surface area (Å²) >= 11 is 6.10. The smallest absolute Gasteiger partial charge is 0.307 e. The highest BCUT2D eigenvalue weighted by atomic mass is 35.5. The van der Waals surface area contributed by atoms with Crippen molar-refractivity contribution in [3.63, 3.8) is 0 Å². The lowest BCUT2D eigenvalue weighted by atomic mass is 9.86. The third-order valence-electron chi connectivity index (χ3n) is 8.39. The molecule has 1 aromatic heterocycles. The minimum Gasteiger partial charge on any atom is -0.469 e. The molecule has 0 saturated carbocycles. The van der Waals surface area contributed by atoms with Gasteiger partial charge in [-0.15, -0.1) is 6.58 Å². The molecule has 2 aliphatic heterocycles. The maximum Gasteiger partial charge on any atom is 0.307 e. The van der Waals surface area contributed by atoms with Crippen LogP contribution in [0.1, 0.15) is 30.1 Å². The van der Waals surface area contributed by atoms with E-state index in [-0.39, 0.29) is 49.9 Å². The highest BCUT2D eigenvalue weighted by Gasteiger charge is 2.41. The monoisotopic (exact) mass is 610 g/mol. The quantitative estimate of drug-likeness (QED) is 0.261. The number of carbonyl (C=O) groups is 2. The van der Waals surface area contributed by atoms with Crippen molar-refractivity contribution >= 4 is 50.0 Å². The van der Waals surface area contributed by atoms with Gasteiger partial charge in [-0.1, -0.05) is 35.9 Å². The molecule has 0 spiro atoms. The standard InChI is InChI=1S/C31H35ClN4O5S/c1-3-29(25-5-4-24-19-26(32)7-6-23(24)18-25)42(39,40)35-16-17-36(30(37)21-35)28(20-31(38)41-2)22-10-14-34(15-11-22)27-8-12-33-13-9-27/h3-9,12-13,18-19,22,28-29H,1,10-11,14-17,20-21H2,2H3. The van der Waals surface area contributed by atoms with Crippen LogP contribution in [0.25, 0.3) is 10.8 Å². The molecule has 0 radical (unpaired) electrons. The molecule has 2 aromatic carbocycles. The van der Waals surface area contributed by atoms with E-state index in [1.165, 1.54) is 17.5 Å². The first-order valence-electron chi connectivity index (χ1n) is 14.0. The van der Waals surface area contributed by atoms with Gasteiger partial charge in [-0.25, -0.2) is 8.42 Å². The van der Waals surface area contributed by atoms with Crippen molar-refractivity contribution in [2.24, 2.45) is 5.92 Å². The predicted octanol–water partition coefficient (Wildman–Crippen LogP) is 4.44. The molecule has 3 heterocycles. The van der Waals surface area contributed by atoms with Gasteiger partial charge in [0.05, 0.1) is 20.1 Å². The van der Waals surface area contributed by atoms with E-state index in [0.717, 1.165) is 42.4 Å². The Morgan fingerprint density at radius 3 is 2.43 bits per heavy atom. The number of amides is 1. The van der Waals surface area contributed by atoms with E-state index in [1.807, 2.05) is 36.4 Å². The number of ether oxygens (including phenoxy) is 1. The second kappa shape index (κ2) is 12.8. The zero-order chi connectivity index (χ0) is 29.9. The number of aromatic nitrogens is 1. The maximum absolute atomic E-state index is 13.8. The Bertz CT molecular complexity index is 1560. The lowest BCUT2D eigenvalue weighted by Gasteiger charge is -2.44. The van der Waals surface area contributed by atoms with Crippen molar-refractivity contribution in [2.75, 3.05) is 44.7 Å². The molecule has 0 bridgehead atoms. The van der Waals surface area contributed by atoms with E-state index in [0.29, 0.717) is 10.6 Å². The van der Waals surface area contributed by atoms with E-state index in [2.05, 4.69) is 16.5 Å².